The molecule has 1 aliphatic rings. The molecule has 0 aromatic heterocycles. The van der Waals surface area contributed by atoms with Crippen LogP contribution >= 0.6 is 11.6 Å². The van der Waals surface area contributed by atoms with E-state index < -0.39 is 0 Å². The van der Waals surface area contributed by atoms with Gasteiger partial charge in [0.05, 0.1) is 0 Å². The van der Waals surface area contributed by atoms with E-state index in [-0.39, 0.29) is 0 Å². The van der Waals surface area contributed by atoms with Crippen LogP contribution in [-0.4, -0.2) is 17.5 Å². The van der Waals surface area contributed by atoms with Crippen LogP contribution in [0.25, 0.3) is 0 Å². The van der Waals surface area contributed by atoms with E-state index in [1.165, 1.54) is 44.2 Å². The molecule has 2 rings (SSSR count). The Hall–Kier alpha value is -0.730. The van der Waals surface area contributed by atoms with Gasteiger partial charge in [-0.25, -0.2) is 0 Å². The maximum atomic E-state index is 6.07. The van der Waals surface area contributed by atoms with Crippen LogP contribution in [0.5, 0.6) is 0 Å². The SMILES string of the molecule is CCCC1CCCCN1Cc1cc(N)cc(Cl)c1. The molecule has 0 amide bonds. The van der Waals surface area contributed by atoms with Gasteiger partial charge in [0.2, 0.25) is 0 Å². The third-order valence-electron chi connectivity index (χ3n) is 3.74. The van der Waals surface area contributed by atoms with Gasteiger partial charge in [-0.2, -0.15) is 0 Å². The summed E-state index contributed by atoms with van der Waals surface area (Å²) >= 11 is 6.07. The van der Waals surface area contributed by atoms with E-state index in [0.29, 0.717) is 0 Å². The van der Waals surface area contributed by atoms with E-state index in [1.54, 1.807) is 0 Å². The molecule has 1 aromatic carbocycles. The van der Waals surface area contributed by atoms with Crippen molar-refractivity contribution in [2.24, 2.45) is 0 Å². The van der Waals surface area contributed by atoms with E-state index in [1.807, 2.05) is 18.2 Å². The number of rotatable bonds is 4. The smallest absolute Gasteiger partial charge is 0.0429 e. The van der Waals surface area contributed by atoms with Crippen LogP contribution in [0.2, 0.25) is 5.02 Å². The highest BCUT2D eigenvalue weighted by Crippen LogP contribution is 2.24. The van der Waals surface area contributed by atoms with Crippen LogP contribution in [-0.2, 0) is 6.54 Å². The molecule has 1 unspecified atom stereocenters. The summed E-state index contributed by atoms with van der Waals surface area (Å²) < 4.78 is 0. The Kier molecular flexibility index (Phi) is 4.90. The summed E-state index contributed by atoms with van der Waals surface area (Å²) in [6.45, 7) is 4.46. The van der Waals surface area contributed by atoms with Crippen molar-refractivity contribution >= 4 is 17.3 Å². The number of halogens is 1. The zero-order chi connectivity index (χ0) is 13.0. The molecule has 2 N–H and O–H groups in total. The predicted octanol–water partition coefficient (Wildman–Crippen LogP) is 4.08. The lowest BCUT2D eigenvalue weighted by Crippen LogP contribution is -2.38. The first-order valence-electron chi connectivity index (χ1n) is 6.98. The van der Waals surface area contributed by atoms with Gasteiger partial charge in [-0.1, -0.05) is 31.4 Å². The second-order valence-corrected chi connectivity index (χ2v) is 5.74. The van der Waals surface area contributed by atoms with Crippen LogP contribution < -0.4 is 5.73 Å². The highest BCUT2D eigenvalue weighted by Gasteiger charge is 2.21. The molecule has 2 nitrogen and oxygen atoms in total. The van der Waals surface area contributed by atoms with Crippen molar-refractivity contribution in [3.05, 3.63) is 28.8 Å². The standard InChI is InChI=1S/C15H23ClN2/c1-2-5-15-6-3-4-7-18(15)11-12-8-13(16)10-14(17)9-12/h8-10,15H,2-7,11,17H2,1H3. The molecule has 1 saturated heterocycles. The van der Waals surface area contributed by atoms with Crippen molar-refractivity contribution in [2.75, 3.05) is 12.3 Å². The summed E-state index contributed by atoms with van der Waals surface area (Å²) in [6.07, 6.45) is 6.59. The number of nitrogen functional groups attached to an aromatic ring is 1. The number of nitrogens with zero attached hydrogens (tertiary/aromatic N) is 1. The molecular formula is C15H23ClN2. The van der Waals surface area contributed by atoms with Gasteiger partial charge in [0.25, 0.3) is 0 Å². The Bertz CT molecular complexity index is 370. The van der Waals surface area contributed by atoms with Crippen molar-refractivity contribution in [1.82, 2.24) is 4.90 Å². The number of likely N-dealkylation sites (tertiary alicyclic amines) is 1. The van der Waals surface area contributed by atoms with E-state index in [9.17, 15) is 0 Å². The Morgan fingerprint density at radius 1 is 1.33 bits per heavy atom. The van der Waals surface area contributed by atoms with Crippen molar-refractivity contribution in [3.63, 3.8) is 0 Å². The molecule has 0 saturated carbocycles. The fourth-order valence-electron chi connectivity index (χ4n) is 2.93. The maximum absolute atomic E-state index is 6.07. The summed E-state index contributed by atoms with van der Waals surface area (Å²) in [7, 11) is 0. The molecule has 100 valence electrons. The fourth-order valence-corrected chi connectivity index (χ4v) is 3.20. The van der Waals surface area contributed by atoms with Gasteiger partial charge in [-0.05, 0) is 49.6 Å². The molecule has 1 aromatic rings. The van der Waals surface area contributed by atoms with E-state index >= 15 is 0 Å². The van der Waals surface area contributed by atoms with Crippen LogP contribution in [0.15, 0.2) is 18.2 Å². The van der Waals surface area contributed by atoms with E-state index in [4.69, 9.17) is 17.3 Å². The van der Waals surface area contributed by atoms with Crippen LogP contribution in [0.3, 0.4) is 0 Å². The predicted molar refractivity (Wildman–Crippen MR) is 78.8 cm³/mol. The molecule has 1 aliphatic heterocycles. The highest BCUT2D eigenvalue weighted by atomic mass is 35.5. The quantitative estimate of drug-likeness (QED) is 0.832. The largest absolute Gasteiger partial charge is 0.399 e. The third kappa shape index (κ3) is 3.63. The minimum absolute atomic E-state index is 0.740. The van der Waals surface area contributed by atoms with Crippen LogP contribution in [0, 0.1) is 0 Å². The summed E-state index contributed by atoms with van der Waals surface area (Å²) in [5.74, 6) is 0. The lowest BCUT2D eigenvalue weighted by atomic mass is 9.97. The van der Waals surface area contributed by atoms with Gasteiger partial charge in [0.15, 0.2) is 0 Å². The fraction of sp³-hybridized carbons (Fsp3) is 0.600. The minimum atomic E-state index is 0.740. The average Bonchev–Trinajstić information content (AvgIpc) is 2.30. The second-order valence-electron chi connectivity index (χ2n) is 5.30. The summed E-state index contributed by atoms with van der Waals surface area (Å²) in [6, 6.07) is 6.63. The molecule has 18 heavy (non-hydrogen) atoms. The van der Waals surface area contributed by atoms with Gasteiger partial charge in [-0.3, -0.25) is 4.90 Å². The Balaban J connectivity index is 2.05. The van der Waals surface area contributed by atoms with E-state index in [2.05, 4.69) is 11.8 Å². The average molecular weight is 267 g/mol. The third-order valence-corrected chi connectivity index (χ3v) is 3.95. The number of hydrogen-bond acceptors (Lipinski definition) is 2. The van der Waals surface area contributed by atoms with Crippen molar-refractivity contribution in [1.29, 1.82) is 0 Å². The maximum Gasteiger partial charge on any atom is 0.0429 e. The molecule has 0 aliphatic carbocycles. The molecule has 1 heterocycles. The summed E-state index contributed by atoms with van der Waals surface area (Å²) in [4.78, 5) is 2.60. The normalized spacial score (nSPS) is 21.1. The molecule has 1 atom stereocenters. The highest BCUT2D eigenvalue weighted by molar-refractivity contribution is 6.30. The summed E-state index contributed by atoms with van der Waals surface area (Å²) in [5.41, 5.74) is 7.86. The van der Waals surface area contributed by atoms with Gasteiger partial charge in [0, 0.05) is 23.3 Å². The van der Waals surface area contributed by atoms with E-state index in [0.717, 1.165) is 23.3 Å². The Morgan fingerprint density at radius 3 is 2.89 bits per heavy atom. The topological polar surface area (TPSA) is 29.3 Å². The number of benzene rings is 1. The molecule has 0 bridgehead atoms. The van der Waals surface area contributed by atoms with Crippen LogP contribution in [0.1, 0.15) is 44.6 Å². The first-order chi connectivity index (χ1) is 8.69. The first-order valence-corrected chi connectivity index (χ1v) is 7.36. The van der Waals surface area contributed by atoms with Crippen molar-refractivity contribution in [3.8, 4) is 0 Å². The lowest BCUT2D eigenvalue weighted by Gasteiger charge is -2.35. The molecule has 1 fully saturated rings. The van der Waals surface area contributed by atoms with Gasteiger partial charge in [0.1, 0.15) is 0 Å². The van der Waals surface area contributed by atoms with Gasteiger partial charge < -0.3 is 5.73 Å². The Labute approximate surface area is 115 Å². The Morgan fingerprint density at radius 2 is 2.17 bits per heavy atom. The monoisotopic (exact) mass is 266 g/mol. The van der Waals surface area contributed by atoms with Gasteiger partial charge >= 0.3 is 0 Å². The first kappa shape index (κ1) is 13.7. The lowest BCUT2D eigenvalue weighted by molar-refractivity contribution is 0.131. The number of hydrogen-bond donors (Lipinski definition) is 1. The number of nitrogens with two attached hydrogens (primary N) is 1. The van der Waals surface area contributed by atoms with Crippen LogP contribution in [0.4, 0.5) is 5.69 Å². The molecular weight excluding hydrogens is 244 g/mol. The van der Waals surface area contributed by atoms with Crippen molar-refractivity contribution in [2.45, 2.75) is 51.6 Å². The second kappa shape index (κ2) is 6.44. The zero-order valence-corrected chi connectivity index (χ0v) is 11.9. The van der Waals surface area contributed by atoms with Crippen molar-refractivity contribution < 1.29 is 0 Å². The molecule has 0 radical (unpaired) electrons. The zero-order valence-electron chi connectivity index (χ0n) is 11.2. The number of anilines is 1. The number of piperidine rings is 1. The minimum Gasteiger partial charge on any atom is -0.399 e. The molecule has 0 spiro atoms. The summed E-state index contributed by atoms with van der Waals surface area (Å²) in [5, 5.41) is 0.744. The van der Waals surface area contributed by atoms with Gasteiger partial charge in [-0.15, -0.1) is 0 Å². The molecule has 3 heteroatoms.